The van der Waals surface area contributed by atoms with Crippen LogP contribution < -0.4 is 10.5 Å². The van der Waals surface area contributed by atoms with E-state index in [1.807, 2.05) is 0 Å². The van der Waals surface area contributed by atoms with Gasteiger partial charge in [0.2, 0.25) is 0 Å². The lowest BCUT2D eigenvalue weighted by molar-refractivity contribution is 0.145. The Balaban J connectivity index is 1.43. The van der Waals surface area contributed by atoms with E-state index >= 15 is 0 Å². The van der Waals surface area contributed by atoms with Gasteiger partial charge < -0.3 is 9.88 Å². The lowest BCUT2D eigenvalue weighted by Crippen LogP contribution is -2.37. The van der Waals surface area contributed by atoms with Crippen LogP contribution in [0.5, 0.6) is 0 Å². The third-order valence-electron chi connectivity index (χ3n) is 4.70. The van der Waals surface area contributed by atoms with E-state index in [2.05, 4.69) is 29.8 Å². The van der Waals surface area contributed by atoms with Crippen molar-refractivity contribution in [1.29, 1.82) is 0 Å². The number of hydrogen-bond donors (Lipinski definition) is 1. The van der Waals surface area contributed by atoms with Crippen LogP contribution in [0.15, 0.2) is 29.8 Å². The molecule has 0 atom stereocenters. The van der Waals surface area contributed by atoms with Crippen LogP contribution in [0.25, 0.3) is 11.2 Å². The first kappa shape index (κ1) is 16.6. The average Bonchev–Trinajstić information content (AvgIpc) is 3.13. The molecule has 0 saturated carbocycles. The number of hydrogen-bond acceptors (Lipinski definition) is 6. The zero-order chi connectivity index (χ0) is 18.1. The highest BCUT2D eigenvalue weighted by Crippen LogP contribution is 2.26. The van der Waals surface area contributed by atoms with E-state index in [1.54, 1.807) is 6.33 Å². The zero-order valence-electron chi connectivity index (χ0n) is 13.8. The van der Waals surface area contributed by atoms with Crippen LogP contribution >= 0.6 is 0 Å². The molecule has 0 bridgehead atoms. The lowest BCUT2D eigenvalue weighted by Gasteiger charge is -2.33. The number of aromatic nitrogens is 6. The second-order valence-electron chi connectivity index (χ2n) is 6.33. The average molecular weight is 361 g/mol. The molecule has 136 valence electrons. The van der Waals surface area contributed by atoms with E-state index in [0.717, 1.165) is 43.3 Å². The molecule has 1 aliphatic heterocycles. The number of nitrogens with one attached hydrogen (secondary N) is 1. The molecule has 0 spiro atoms. The molecule has 1 saturated heterocycles. The molecule has 26 heavy (non-hydrogen) atoms. The largest absolute Gasteiger partial charge is 0.355 e. The Morgan fingerprint density at radius 2 is 2.00 bits per heavy atom. The van der Waals surface area contributed by atoms with Crippen molar-refractivity contribution >= 4 is 17.0 Å². The van der Waals surface area contributed by atoms with Gasteiger partial charge in [0.15, 0.2) is 11.5 Å². The number of halogens is 2. The fourth-order valence-electron chi connectivity index (χ4n) is 3.29. The number of aromatic amines is 1. The first-order valence-corrected chi connectivity index (χ1v) is 8.35. The topological polar surface area (TPSA) is 92.6 Å². The summed E-state index contributed by atoms with van der Waals surface area (Å²) in [6, 6.07) is 0.912. The van der Waals surface area contributed by atoms with Crippen LogP contribution in [-0.4, -0.2) is 42.6 Å². The van der Waals surface area contributed by atoms with Crippen molar-refractivity contribution in [3.63, 3.8) is 0 Å². The number of rotatable bonds is 4. The van der Waals surface area contributed by atoms with E-state index in [9.17, 15) is 13.6 Å². The summed E-state index contributed by atoms with van der Waals surface area (Å²) >= 11 is 0. The summed E-state index contributed by atoms with van der Waals surface area (Å²) in [5.41, 5.74) is 0.531. The van der Waals surface area contributed by atoms with Gasteiger partial charge in [-0.2, -0.15) is 0 Å². The molecule has 1 aliphatic rings. The summed E-state index contributed by atoms with van der Waals surface area (Å²) in [7, 11) is 0. The monoisotopic (exact) mass is 361 g/mol. The standard InChI is InChI=1S/C16H17F2N7O/c17-14(18)11-5-12(26)25(9-23-11)6-10-1-3-24(4-2-10)16-13-15(20-7-19-13)21-8-22-16/h5,7-10,14H,1-4,6H2,(H,19,20,21,22). The highest BCUT2D eigenvalue weighted by Gasteiger charge is 2.23. The summed E-state index contributed by atoms with van der Waals surface area (Å²) in [6.07, 6.45) is 3.31. The van der Waals surface area contributed by atoms with Crippen molar-refractivity contribution in [3.8, 4) is 0 Å². The quantitative estimate of drug-likeness (QED) is 0.761. The highest BCUT2D eigenvalue weighted by atomic mass is 19.3. The summed E-state index contributed by atoms with van der Waals surface area (Å²) < 4.78 is 26.6. The maximum atomic E-state index is 12.6. The predicted octanol–water partition coefficient (Wildman–Crippen LogP) is 1.76. The third kappa shape index (κ3) is 3.14. The highest BCUT2D eigenvalue weighted by molar-refractivity contribution is 5.82. The molecule has 4 heterocycles. The maximum Gasteiger partial charge on any atom is 0.280 e. The summed E-state index contributed by atoms with van der Waals surface area (Å²) in [6.45, 7) is 2.05. The number of alkyl halides is 2. The van der Waals surface area contributed by atoms with Crippen LogP contribution in [0.4, 0.5) is 14.6 Å². The molecule has 8 nitrogen and oxygen atoms in total. The minimum Gasteiger partial charge on any atom is -0.355 e. The lowest BCUT2D eigenvalue weighted by atomic mass is 9.96. The van der Waals surface area contributed by atoms with E-state index in [0.29, 0.717) is 12.2 Å². The Kier molecular flexibility index (Phi) is 4.31. The number of imidazole rings is 1. The van der Waals surface area contributed by atoms with Gasteiger partial charge in [-0.15, -0.1) is 0 Å². The fourth-order valence-corrected chi connectivity index (χ4v) is 3.29. The van der Waals surface area contributed by atoms with Gasteiger partial charge >= 0.3 is 0 Å². The normalized spacial score (nSPS) is 15.9. The van der Waals surface area contributed by atoms with Crippen molar-refractivity contribution in [2.24, 2.45) is 5.92 Å². The summed E-state index contributed by atoms with van der Waals surface area (Å²) in [4.78, 5) is 33.5. The molecule has 3 aromatic heterocycles. The van der Waals surface area contributed by atoms with E-state index in [4.69, 9.17) is 0 Å². The molecule has 1 N–H and O–H groups in total. The Bertz CT molecular complexity index is 962. The molecule has 0 amide bonds. The maximum absolute atomic E-state index is 12.6. The second kappa shape index (κ2) is 6.77. The van der Waals surface area contributed by atoms with E-state index < -0.39 is 17.7 Å². The van der Waals surface area contributed by atoms with Crippen LogP contribution in [0, 0.1) is 5.92 Å². The predicted molar refractivity (Wildman–Crippen MR) is 90.1 cm³/mol. The Morgan fingerprint density at radius 3 is 2.73 bits per heavy atom. The number of H-pyrrole nitrogens is 1. The van der Waals surface area contributed by atoms with Crippen molar-refractivity contribution in [2.45, 2.75) is 25.8 Å². The molecule has 10 heteroatoms. The summed E-state index contributed by atoms with van der Waals surface area (Å²) in [5.74, 6) is 1.10. The number of fused-ring (bicyclic) bond motifs is 1. The van der Waals surface area contributed by atoms with Gasteiger partial charge in [0, 0.05) is 25.7 Å². The number of nitrogens with zero attached hydrogens (tertiary/aromatic N) is 6. The molecule has 3 aromatic rings. The Hall–Kier alpha value is -2.91. The minimum absolute atomic E-state index is 0.280. The van der Waals surface area contributed by atoms with Gasteiger partial charge in [0.05, 0.1) is 12.7 Å². The summed E-state index contributed by atoms with van der Waals surface area (Å²) in [5, 5.41) is 0. The van der Waals surface area contributed by atoms with Crippen molar-refractivity contribution in [3.05, 3.63) is 41.1 Å². The number of anilines is 1. The molecule has 0 aromatic carbocycles. The molecule has 4 rings (SSSR count). The van der Waals surface area contributed by atoms with Gasteiger partial charge in [0.1, 0.15) is 17.5 Å². The van der Waals surface area contributed by atoms with E-state index in [1.165, 1.54) is 17.2 Å². The van der Waals surface area contributed by atoms with Gasteiger partial charge in [-0.1, -0.05) is 0 Å². The molecular weight excluding hydrogens is 344 g/mol. The van der Waals surface area contributed by atoms with Gasteiger partial charge in [-0.25, -0.2) is 28.7 Å². The van der Waals surface area contributed by atoms with Crippen molar-refractivity contribution in [1.82, 2.24) is 29.5 Å². The van der Waals surface area contributed by atoms with E-state index in [-0.39, 0.29) is 5.92 Å². The second-order valence-corrected chi connectivity index (χ2v) is 6.33. The fraction of sp³-hybridized carbons (Fsp3) is 0.438. The smallest absolute Gasteiger partial charge is 0.280 e. The molecule has 0 radical (unpaired) electrons. The van der Waals surface area contributed by atoms with Crippen molar-refractivity contribution < 1.29 is 8.78 Å². The first-order valence-electron chi connectivity index (χ1n) is 8.35. The Morgan fingerprint density at radius 1 is 1.19 bits per heavy atom. The van der Waals surface area contributed by atoms with Crippen LogP contribution in [0.2, 0.25) is 0 Å². The zero-order valence-corrected chi connectivity index (χ0v) is 13.8. The van der Waals surface area contributed by atoms with Gasteiger partial charge in [0.25, 0.3) is 12.0 Å². The first-order chi connectivity index (χ1) is 12.6. The molecule has 0 unspecified atom stereocenters. The van der Waals surface area contributed by atoms with Gasteiger partial charge in [-0.05, 0) is 18.8 Å². The van der Waals surface area contributed by atoms with Gasteiger partial charge in [-0.3, -0.25) is 9.36 Å². The van der Waals surface area contributed by atoms with Crippen LogP contribution in [0.1, 0.15) is 25.0 Å². The van der Waals surface area contributed by atoms with Crippen LogP contribution in [-0.2, 0) is 6.54 Å². The SMILES string of the molecule is O=c1cc(C(F)F)ncn1CC1CCN(c2ncnc3nc[nH]c23)CC1. The number of piperidine rings is 1. The third-order valence-corrected chi connectivity index (χ3v) is 4.70. The molecule has 0 aliphatic carbocycles. The molecule has 1 fully saturated rings. The van der Waals surface area contributed by atoms with Crippen LogP contribution in [0.3, 0.4) is 0 Å². The molecular formula is C16H17F2N7O. The van der Waals surface area contributed by atoms with Crippen molar-refractivity contribution in [2.75, 3.05) is 18.0 Å². The minimum atomic E-state index is -2.73. The Labute approximate surface area is 146 Å².